The Hall–Kier alpha value is -2.55. The van der Waals surface area contributed by atoms with Crippen LogP contribution in [-0.2, 0) is 16.6 Å². The Morgan fingerprint density at radius 3 is 2.68 bits per heavy atom. The van der Waals surface area contributed by atoms with E-state index < -0.39 is 35.5 Å². The van der Waals surface area contributed by atoms with E-state index in [0.29, 0.717) is 10.7 Å². The Morgan fingerprint density at radius 2 is 2.08 bits per heavy atom. The third-order valence-corrected chi connectivity index (χ3v) is 4.62. The van der Waals surface area contributed by atoms with Crippen molar-refractivity contribution >= 4 is 29.1 Å². The molecular formula is C15H14ClF2N5O2. The number of aromatic nitrogens is 3. The van der Waals surface area contributed by atoms with E-state index in [4.69, 9.17) is 11.6 Å². The molecule has 1 aliphatic rings. The summed E-state index contributed by atoms with van der Waals surface area (Å²) in [6.45, 7) is 0.270. The summed E-state index contributed by atoms with van der Waals surface area (Å²) >= 11 is 6.18. The Bertz CT molecular complexity index is 856. The summed E-state index contributed by atoms with van der Waals surface area (Å²) in [6, 6.07) is 1.96. The van der Waals surface area contributed by atoms with E-state index in [1.54, 1.807) is 14.1 Å². The van der Waals surface area contributed by atoms with Gasteiger partial charge in [-0.3, -0.25) is 14.3 Å². The Morgan fingerprint density at radius 1 is 1.36 bits per heavy atom. The first-order chi connectivity index (χ1) is 11.8. The quantitative estimate of drug-likeness (QED) is 0.657. The summed E-state index contributed by atoms with van der Waals surface area (Å²) < 4.78 is 28.0. The largest absolute Gasteiger partial charge is 0.344 e. The maximum Gasteiger partial charge on any atom is 0.239 e. The van der Waals surface area contributed by atoms with Gasteiger partial charge in [0.25, 0.3) is 0 Å². The molecule has 1 N–H and O–H groups in total. The second-order valence-corrected chi connectivity index (χ2v) is 6.14. The summed E-state index contributed by atoms with van der Waals surface area (Å²) in [5.41, 5.74) is 0.254. The van der Waals surface area contributed by atoms with Crippen molar-refractivity contribution in [2.45, 2.75) is 5.92 Å². The van der Waals surface area contributed by atoms with Gasteiger partial charge in [0, 0.05) is 32.1 Å². The highest BCUT2D eigenvalue weighted by Gasteiger charge is 2.45. The van der Waals surface area contributed by atoms with Crippen molar-refractivity contribution in [2.75, 3.05) is 18.9 Å². The molecule has 0 saturated carbocycles. The molecule has 2 aromatic rings. The van der Waals surface area contributed by atoms with Crippen LogP contribution >= 0.6 is 11.6 Å². The summed E-state index contributed by atoms with van der Waals surface area (Å²) in [4.78, 5) is 29.4. The second kappa shape index (κ2) is 6.40. The molecule has 25 heavy (non-hydrogen) atoms. The van der Waals surface area contributed by atoms with Gasteiger partial charge in [0.05, 0.1) is 11.9 Å². The van der Waals surface area contributed by atoms with Crippen LogP contribution in [-0.4, -0.2) is 45.1 Å². The minimum atomic E-state index is -1.16. The molecule has 3 heterocycles. The van der Waals surface area contributed by atoms with Crippen molar-refractivity contribution in [3.8, 4) is 0 Å². The third-order valence-electron chi connectivity index (χ3n) is 4.16. The van der Waals surface area contributed by atoms with Crippen LogP contribution in [0.15, 0.2) is 18.3 Å². The molecule has 0 unspecified atom stereocenters. The zero-order valence-corrected chi connectivity index (χ0v) is 14.1. The molecule has 0 aromatic carbocycles. The second-order valence-electron chi connectivity index (χ2n) is 5.78. The van der Waals surface area contributed by atoms with E-state index >= 15 is 0 Å². The fourth-order valence-corrected chi connectivity index (χ4v) is 3.11. The van der Waals surface area contributed by atoms with E-state index in [2.05, 4.69) is 15.4 Å². The van der Waals surface area contributed by atoms with Gasteiger partial charge in [0.1, 0.15) is 11.1 Å². The number of rotatable bonds is 3. The highest BCUT2D eigenvalue weighted by molar-refractivity contribution is 6.30. The molecule has 0 bridgehead atoms. The van der Waals surface area contributed by atoms with Gasteiger partial charge in [-0.25, -0.2) is 0 Å². The number of carbonyl (C=O) groups is 2. The van der Waals surface area contributed by atoms with Crippen LogP contribution in [0.3, 0.4) is 0 Å². The molecule has 1 fully saturated rings. The molecule has 0 radical (unpaired) electrons. The molecule has 0 aliphatic carbocycles. The van der Waals surface area contributed by atoms with Gasteiger partial charge in [-0.2, -0.15) is 18.9 Å². The SMILES string of the molecule is CN1C[C@H](c2cnn(C)c2Cl)[C@@H](C(=O)Nc2ccc(F)nc2F)C1=O. The zero-order valence-electron chi connectivity index (χ0n) is 13.3. The van der Waals surface area contributed by atoms with Crippen LogP contribution in [0.4, 0.5) is 14.5 Å². The fraction of sp³-hybridized carbons (Fsp3) is 0.333. The van der Waals surface area contributed by atoms with Gasteiger partial charge in [0.15, 0.2) is 0 Å². The molecular weight excluding hydrogens is 356 g/mol. The van der Waals surface area contributed by atoms with Crippen LogP contribution in [0, 0.1) is 17.8 Å². The van der Waals surface area contributed by atoms with Gasteiger partial charge in [-0.05, 0) is 12.1 Å². The topological polar surface area (TPSA) is 80.1 Å². The lowest BCUT2D eigenvalue weighted by molar-refractivity contribution is -0.135. The highest BCUT2D eigenvalue weighted by Crippen LogP contribution is 2.37. The Kier molecular flexibility index (Phi) is 4.42. The zero-order chi connectivity index (χ0) is 18.3. The minimum absolute atomic E-state index is 0.270. The smallest absolute Gasteiger partial charge is 0.239 e. The highest BCUT2D eigenvalue weighted by atomic mass is 35.5. The first-order valence-electron chi connectivity index (χ1n) is 7.35. The van der Waals surface area contributed by atoms with Crippen molar-refractivity contribution in [1.82, 2.24) is 19.7 Å². The van der Waals surface area contributed by atoms with Gasteiger partial charge in [0.2, 0.25) is 23.7 Å². The Balaban J connectivity index is 1.90. The first kappa shape index (κ1) is 17.3. The van der Waals surface area contributed by atoms with Crippen LogP contribution < -0.4 is 5.32 Å². The van der Waals surface area contributed by atoms with E-state index in [1.165, 1.54) is 15.8 Å². The number of nitrogens with one attached hydrogen (secondary N) is 1. The number of halogens is 3. The number of anilines is 1. The normalized spacial score (nSPS) is 20.2. The van der Waals surface area contributed by atoms with Gasteiger partial charge in [-0.1, -0.05) is 11.6 Å². The summed E-state index contributed by atoms with van der Waals surface area (Å²) in [5.74, 6) is -4.94. The molecule has 0 spiro atoms. The molecule has 1 aliphatic heterocycles. The number of hydrogen-bond acceptors (Lipinski definition) is 4. The standard InChI is InChI=1S/C15H14ClF2N5O2/c1-22-6-8(7-5-19-23(2)12(7)16)11(15(22)25)14(24)20-9-3-4-10(17)21-13(9)18/h3-5,8,11H,6H2,1-2H3,(H,20,24)/t8-,11+/m1/s1. The predicted molar refractivity (Wildman–Crippen MR) is 84.9 cm³/mol. The number of likely N-dealkylation sites (tertiary alicyclic amines) is 1. The summed E-state index contributed by atoms with van der Waals surface area (Å²) in [5, 5.41) is 6.64. The molecule has 132 valence electrons. The lowest BCUT2D eigenvalue weighted by atomic mass is 9.89. The van der Waals surface area contributed by atoms with Crippen molar-refractivity contribution in [2.24, 2.45) is 13.0 Å². The maximum atomic E-state index is 13.7. The molecule has 7 nitrogen and oxygen atoms in total. The van der Waals surface area contributed by atoms with Crippen LogP contribution in [0.1, 0.15) is 11.5 Å². The molecule has 10 heteroatoms. The predicted octanol–water partition coefficient (Wildman–Crippen LogP) is 1.56. The van der Waals surface area contributed by atoms with E-state index in [1.807, 2.05) is 0 Å². The summed E-state index contributed by atoms with van der Waals surface area (Å²) in [6.07, 6.45) is 1.50. The number of aryl methyl sites for hydroxylation is 1. The Labute approximate surface area is 146 Å². The minimum Gasteiger partial charge on any atom is -0.344 e. The number of hydrogen-bond donors (Lipinski definition) is 1. The van der Waals surface area contributed by atoms with E-state index in [9.17, 15) is 18.4 Å². The lowest BCUT2D eigenvalue weighted by Crippen LogP contribution is -2.33. The van der Waals surface area contributed by atoms with Crippen molar-refractivity contribution < 1.29 is 18.4 Å². The number of pyridine rings is 1. The van der Waals surface area contributed by atoms with Crippen LogP contribution in [0.5, 0.6) is 0 Å². The lowest BCUT2D eigenvalue weighted by Gasteiger charge is -2.16. The molecule has 1 saturated heterocycles. The van der Waals surface area contributed by atoms with Crippen molar-refractivity contribution in [3.63, 3.8) is 0 Å². The molecule has 2 atom stereocenters. The van der Waals surface area contributed by atoms with E-state index in [0.717, 1.165) is 12.1 Å². The average molecular weight is 370 g/mol. The average Bonchev–Trinajstić information content (AvgIpc) is 3.03. The molecule has 3 rings (SSSR count). The van der Waals surface area contributed by atoms with E-state index in [-0.39, 0.29) is 12.2 Å². The van der Waals surface area contributed by atoms with Crippen LogP contribution in [0.2, 0.25) is 5.15 Å². The first-order valence-corrected chi connectivity index (χ1v) is 7.72. The molecule has 2 amide bonds. The maximum absolute atomic E-state index is 13.7. The van der Waals surface area contributed by atoms with Gasteiger partial charge in [-0.15, -0.1) is 0 Å². The van der Waals surface area contributed by atoms with Crippen molar-refractivity contribution in [3.05, 3.63) is 40.9 Å². The number of amides is 2. The number of likely N-dealkylation sites (N-methyl/N-ethyl adjacent to an activating group) is 1. The van der Waals surface area contributed by atoms with Crippen LogP contribution in [0.25, 0.3) is 0 Å². The monoisotopic (exact) mass is 369 g/mol. The van der Waals surface area contributed by atoms with Gasteiger partial charge >= 0.3 is 0 Å². The fourth-order valence-electron chi connectivity index (χ4n) is 2.88. The number of carbonyl (C=O) groups excluding carboxylic acids is 2. The van der Waals surface area contributed by atoms with Gasteiger partial charge < -0.3 is 10.2 Å². The molecule has 2 aromatic heterocycles. The summed E-state index contributed by atoms with van der Waals surface area (Å²) in [7, 11) is 3.20. The van der Waals surface area contributed by atoms with Crippen molar-refractivity contribution in [1.29, 1.82) is 0 Å². The number of nitrogens with zero attached hydrogens (tertiary/aromatic N) is 4. The third kappa shape index (κ3) is 3.07.